The Morgan fingerprint density at radius 2 is 1.88 bits per heavy atom. The van der Waals surface area contributed by atoms with Gasteiger partial charge in [-0.15, -0.1) is 0 Å². The first-order valence-electron chi connectivity index (χ1n) is 10.00. The molecule has 1 atom stereocenters. The van der Waals surface area contributed by atoms with Crippen LogP contribution in [-0.2, 0) is 6.61 Å². The third kappa shape index (κ3) is 3.74. The number of anilines is 3. The highest BCUT2D eigenvalue weighted by Crippen LogP contribution is 2.40. The van der Waals surface area contributed by atoms with Crippen LogP contribution in [0.4, 0.5) is 17.3 Å². The van der Waals surface area contributed by atoms with Crippen LogP contribution in [-0.4, -0.2) is 19.7 Å². The summed E-state index contributed by atoms with van der Waals surface area (Å²) < 4.78 is 14.4. The zero-order valence-corrected chi connectivity index (χ0v) is 18.3. The summed E-state index contributed by atoms with van der Waals surface area (Å²) in [7, 11) is 0. The molecule has 0 radical (unpaired) electrons. The number of fused-ring (bicyclic) bond motifs is 2. The number of aliphatic imine (C=N–C) groups is 1. The molecule has 12 heteroatoms. The molecule has 0 saturated heterocycles. The third-order valence-electron chi connectivity index (χ3n) is 5.28. The molecule has 0 fully saturated rings. The van der Waals surface area contributed by atoms with E-state index in [9.17, 15) is 5.26 Å². The molecule has 11 nitrogen and oxygen atoms in total. The van der Waals surface area contributed by atoms with E-state index in [4.69, 9.17) is 21.5 Å². The quantitative estimate of drug-likeness (QED) is 0.256. The average Bonchev–Trinajstić information content (AvgIpc) is 3.31. The van der Waals surface area contributed by atoms with Crippen LogP contribution in [0, 0.1) is 22.8 Å². The topological polar surface area (TPSA) is 184 Å². The Bertz CT molecular complexity index is 1510. The summed E-state index contributed by atoms with van der Waals surface area (Å²) in [5.41, 5.74) is 16.4. The van der Waals surface area contributed by atoms with Crippen molar-refractivity contribution in [2.75, 3.05) is 16.8 Å². The Balaban J connectivity index is 1.42. The molecule has 2 aromatic heterocycles. The van der Waals surface area contributed by atoms with E-state index in [2.05, 4.69) is 29.4 Å². The number of rotatable bonds is 4. The Hall–Kier alpha value is -4.94. The van der Waals surface area contributed by atoms with Crippen LogP contribution in [0.1, 0.15) is 28.3 Å². The lowest BCUT2D eigenvalue weighted by Gasteiger charge is -2.26. The van der Waals surface area contributed by atoms with Crippen LogP contribution in [0.25, 0.3) is 11.0 Å². The number of nitrogens with two attached hydrogens (primary N) is 2. The Kier molecular flexibility index (Phi) is 5.26. The second kappa shape index (κ2) is 8.54. The highest BCUT2D eigenvalue weighted by Gasteiger charge is 2.29. The maximum absolute atomic E-state index is 9.44. The van der Waals surface area contributed by atoms with E-state index in [1.54, 1.807) is 0 Å². The maximum Gasteiger partial charge on any atom is 0.211 e. The van der Waals surface area contributed by atoms with Gasteiger partial charge in [0.05, 0.1) is 17.4 Å². The maximum atomic E-state index is 9.44. The lowest BCUT2D eigenvalue weighted by Crippen LogP contribution is -2.32. The van der Waals surface area contributed by atoms with Crippen molar-refractivity contribution in [3.8, 4) is 18.0 Å². The Morgan fingerprint density at radius 1 is 1.09 bits per heavy atom. The predicted molar refractivity (Wildman–Crippen MR) is 128 cm³/mol. The minimum absolute atomic E-state index is 0.00132. The van der Waals surface area contributed by atoms with E-state index < -0.39 is 6.04 Å². The van der Waals surface area contributed by atoms with Gasteiger partial charge in [0.25, 0.3) is 0 Å². The molecule has 0 bridgehead atoms. The number of nitrogens with one attached hydrogen (secondary N) is 2. The summed E-state index contributed by atoms with van der Waals surface area (Å²) in [6, 6.07) is 14.5. The highest BCUT2D eigenvalue weighted by atomic mass is 32.1. The fourth-order valence-electron chi connectivity index (χ4n) is 3.65. The SMILES string of the molecule is N#CNC1=NC(c2ccc(OCc3ccc4nsnc4c3)cc2)c2c(nc(N)c(C#N)c2N)N1. The van der Waals surface area contributed by atoms with Gasteiger partial charge in [-0.05, 0) is 35.4 Å². The molecule has 4 aromatic rings. The molecule has 0 amide bonds. The van der Waals surface area contributed by atoms with Gasteiger partial charge in [0.1, 0.15) is 52.7 Å². The van der Waals surface area contributed by atoms with Crippen molar-refractivity contribution in [3.05, 3.63) is 64.7 Å². The van der Waals surface area contributed by atoms with Crippen molar-refractivity contribution in [2.45, 2.75) is 12.6 Å². The lowest BCUT2D eigenvalue weighted by atomic mass is 9.95. The first-order valence-corrected chi connectivity index (χ1v) is 10.7. The van der Waals surface area contributed by atoms with Gasteiger partial charge in [-0.1, -0.05) is 18.2 Å². The van der Waals surface area contributed by atoms with E-state index in [0.29, 0.717) is 23.7 Å². The van der Waals surface area contributed by atoms with Crippen molar-refractivity contribution in [1.29, 1.82) is 10.5 Å². The van der Waals surface area contributed by atoms with Crippen LogP contribution in [0.15, 0.2) is 47.5 Å². The Labute approximate surface area is 197 Å². The van der Waals surface area contributed by atoms with E-state index in [1.165, 1.54) is 11.7 Å². The van der Waals surface area contributed by atoms with Crippen LogP contribution in [0.3, 0.4) is 0 Å². The summed E-state index contributed by atoms with van der Waals surface area (Å²) in [4.78, 5) is 8.80. The number of hydrogen-bond donors (Lipinski definition) is 4. The number of hydrogen-bond acceptors (Lipinski definition) is 12. The van der Waals surface area contributed by atoms with Gasteiger partial charge in [0, 0.05) is 5.56 Å². The molecule has 6 N–H and O–H groups in total. The molecule has 5 rings (SSSR count). The minimum Gasteiger partial charge on any atom is -0.489 e. The number of nitriles is 2. The number of nitrogen functional groups attached to an aromatic ring is 2. The molecule has 34 heavy (non-hydrogen) atoms. The van der Waals surface area contributed by atoms with Crippen LogP contribution in [0.5, 0.6) is 5.75 Å². The largest absolute Gasteiger partial charge is 0.489 e. The van der Waals surface area contributed by atoms with Gasteiger partial charge in [-0.2, -0.15) is 19.3 Å². The monoisotopic (exact) mass is 468 g/mol. The van der Waals surface area contributed by atoms with Gasteiger partial charge in [-0.25, -0.2) is 9.98 Å². The van der Waals surface area contributed by atoms with E-state index >= 15 is 0 Å². The number of benzene rings is 2. The number of guanidine groups is 1. The summed E-state index contributed by atoms with van der Waals surface area (Å²) >= 11 is 1.18. The summed E-state index contributed by atoms with van der Waals surface area (Å²) in [6.45, 7) is 0.374. The first-order chi connectivity index (χ1) is 16.6. The zero-order valence-electron chi connectivity index (χ0n) is 17.5. The fourth-order valence-corrected chi connectivity index (χ4v) is 4.17. The normalized spacial score (nSPS) is 14.3. The molecule has 0 spiro atoms. The minimum atomic E-state index is -0.610. The van der Waals surface area contributed by atoms with Crippen molar-refractivity contribution in [3.63, 3.8) is 0 Å². The van der Waals surface area contributed by atoms with Gasteiger partial charge in [-0.3, -0.25) is 5.32 Å². The van der Waals surface area contributed by atoms with E-state index in [0.717, 1.165) is 22.2 Å². The zero-order chi connectivity index (χ0) is 23.7. The summed E-state index contributed by atoms with van der Waals surface area (Å²) in [5, 5.41) is 23.8. The standard InChI is InChI=1S/C22H16N10OS/c23-8-14-18(25)17-19(28-22(27-10-24)30-21(17)29-20(14)26)12-2-4-13(5-3-12)33-9-11-1-6-15-16(7-11)32-34-31-15/h1-7,19H,9H2,(H6,25,26,27,28,29,30). The molecule has 1 aliphatic heterocycles. The summed E-state index contributed by atoms with van der Waals surface area (Å²) in [5.74, 6) is 1.19. The van der Waals surface area contributed by atoms with Gasteiger partial charge in [0.2, 0.25) is 5.96 Å². The summed E-state index contributed by atoms with van der Waals surface area (Å²) in [6.07, 6.45) is 1.83. The fraction of sp³-hybridized carbons (Fsp3) is 0.0909. The molecule has 3 heterocycles. The number of ether oxygens (including phenoxy) is 1. The second-order valence-electron chi connectivity index (χ2n) is 7.35. The molecular weight excluding hydrogens is 452 g/mol. The molecule has 1 unspecified atom stereocenters. The molecule has 0 aliphatic carbocycles. The number of nitrogens with zero attached hydrogens (tertiary/aromatic N) is 6. The molecular formula is C22H16N10OS. The lowest BCUT2D eigenvalue weighted by molar-refractivity contribution is 0.306. The molecule has 0 saturated carbocycles. The van der Waals surface area contributed by atoms with E-state index in [-0.39, 0.29) is 23.0 Å². The predicted octanol–water partition coefficient (Wildman–Crippen LogP) is 2.64. The Morgan fingerprint density at radius 3 is 2.65 bits per heavy atom. The van der Waals surface area contributed by atoms with Crippen molar-refractivity contribution >= 4 is 46.0 Å². The molecule has 1 aliphatic rings. The van der Waals surface area contributed by atoms with Gasteiger partial charge in [0.15, 0.2) is 6.19 Å². The second-order valence-corrected chi connectivity index (χ2v) is 7.88. The van der Waals surface area contributed by atoms with Crippen molar-refractivity contribution < 1.29 is 4.74 Å². The number of pyridine rings is 1. The third-order valence-corrected chi connectivity index (χ3v) is 5.83. The average molecular weight is 469 g/mol. The number of aromatic nitrogens is 3. The van der Waals surface area contributed by atoms with E-state index in [1.807, 2.05) is 54.7 Å². The van der Waals surface area contributed by atoms with Gasteiger partial charge >= 0.3 is 0 Å². The van der Waals surface area contributed by atoms with Crippen LogP contribution >= 0.6 is 11.7 Å². The van der Waals surface area contributed by atoms with Crippen LogP contribution in [0.2, 0.25) is 0 Å². The molecule has 166 valence electrons. The first kappa shape index (κ1) is 20.9. The van der Waals surface area contributed by atoms with Gasteiger partial charge < -0.3 is 21.5 Å². The van der Waals surface area contributed by atoms with Crippen molar-refractivity contribution in [1.82, 2.24) is 19.0 Å². The van der Waals surface area contributed by atoms with Crippen LogP contribution < -0.4 is 26.8 Å². The van der Waals surface area contributed by atoms with Crippen molar-refractivity contribution in [2.24, 2.45) is 4.99 Å². The smallest absolute Gasteiger partial charge is 0.211 e. The molecule has 2 aromatic carbocycles. The highest BCUT2D eigenvalue weighted by molar-refractivity contribution is 7.00.